The van der Waals surface area contributed by atoms with E-state index in [1.165, 1.54) is 11.3 Å². The maximum Gasteiger partial charge on any atom is 0.257 e. The van der Waals surface area contributed by atoms with Crippen LogP contribution in [0.25, 0.3) is 0 Å². The van der Waals surface area contributed by atoms with Crippen LogP contribution in [-0.4, -0.2) is 10.9 Å². The summed E-state index contributed by atoms with van der Waals surface area (Å²) < 4.78 is 1.71. The number of amides is 1. The predicted molar refractivity (Wildman–Crippen MR) is 76.6 cm³/mol. The van der Waals surface area contributed by atoms with Crippen molar-refractivity contribution in [2.45, 2.75) is 6.92 Å². The molecular formula is C11H8Br2N2OS. The Labute approximate surface area is 120 Å². The second-order valence-electron chi connectivity index (χ2n) is 3.39. The number of benzene rings is 1. The molecule has 0 atom stereocenters. The molecule has 0 unspecified atom stereocenters. The molecule has 0 spiro atoms. The molecule has 0 aliphatic rings. The minimum Gasteiger partial charge on any atom is -0.298 e. The van der Waals surface area contributed by atoms with E-state index in [0.29, 0.717) is 10.7 Å². The molecule has 0 saturated heterocycles. The first-order chi connectivity index (χ1) is 8.04. The van der Waals surface area contributed by atoms with Gasteiger partial charge >= 0.3 is 0 Å². The minimum atomic E-state index is -0.165. The van der Waals surface area contributed by atoms with Crippen LogP contribution in [0, 0.1) is 6.92 Å². The Morgan fingerprint density at radius 2 is 1.94 bits per heavy atom. The van der Waals surface area contributed by atoms with Crippen molar-refractivity contribution >= 4 is 54.2 Å². The zero-order valence-corrected chi connectivity index (χ0v) is 12.8. The normalized spacial score (nSPS) is 10.3. The number of nitrogens with one attached hydrogen (secondary N) is 1. The van der Waals surface area contributed by atoms with Crippen molar-refractivity contribution < 1.29 is 4.79 Å². The van der Waals surface area contributed by atoms with Gasteiger partial charge in [-0.3, -0.25) is 10.1 Å². The van der Waals surface area contributed by atoms with E-state index in [2.05, 4.69) is 42.2 Å². The van der Waals surface area contributed by atoms with E-state index in [4.69, 9.17) is 0 Å². The molecule has 0 aliphatic carbocycles. The minimum absolute atomic E-state index is 0.165. The van der Waals surface area contributed by atoms with Gasteiger partial charge in [0, 0.05) is 25.6 Å². The van der Waals surface area contributed by atoms with Crippen LogP contribution in [0.5, 0.6) is 0 Å². The molecule has 88 valence electrons. The van der Waals surface area contributed by atoms with Crippen molar-refractivity contribution in [3.63, 3.8) is 0 Å². The van der Waals surface area contributed by atoms with Gasteiger partial charge in [0.05, 0.1) is 0 Å². The number of nitrogens with zero attached hydrogens (tertiary/aromatic N) is 1. The molecule has 1 aromatic heterocycles. The molecule has 0 saturated carbocycles. The van der Waals surface area contributed by atoms with E-state index in [0.717, 1.165) is 13.8 Å². The molecule has 0 aliphatic heterocycles. The number of aryl methyl sites for hydroxylation is 1. The van der Waals surface area contributed by atoms with Crippen LogP contribution in [-0.2, 0) is 0 Å². The molecule has 1 heterocycles. The number of aromatic nitrogens is 1. The van der Waals surface area contributed by atoms with Gasteiger partial charge in [0.1, 0.15) is 0 Å². The van der Waals surface area contributed by atoms with Crippen molar-refractivity contribution in [3.05, 3.63) is 43.8 Å². The highest BCUT2D eigenvalue weighted by molar-refractivity contribution is 9.11. The van der Waals surface area contributed by atoms with Crippen LogP contribution in [0.15, 0.2) is 33.3 Å². The van der Waals surface area contributed by atoms with Gasteiger partial charge in [-0.05, 0) is 25.1 Å². The zero-order valence-electron chi connectivity index (χ0n) is 8.83. The van der Waals surface area contributed by atoms with Crippen molar-refractivity contribution in [3.8, 4) is 0 Å². The smallest absolute Gasteiger partial charge is 0.257 e. The molecule has 6 heteroatoms. The Bertz CT molecular complexity index is 548. The van der Waals surface area contributed by atoms with Gasteiger partial charge in [-0.15, -0.1) is 11.3 Å². The van der Waals surface area contributed by atoms with E-state index in [1.807, 2.05) is 13.0 Å². The van der Waals surface area contributed by atoms with Gasteiger partial charge < -0.3 is 0 Å². The number of anilines is 1. The largest absolute Gasteiger partial charge is 0.298 e. The Morgan fingerprint density at radius 1 is 1.29 bits per heavy atom. The maximum absolute atomic E-state index is 11.9. The molecule has 2 rings (SSSR count). The lowest BCUT2D eigenvalue weighted by Crippen LogP contribution is -2.11. The lowest BCUT2D eigenvalue weighted by molar-refractivity contribution is 0.102. The molecule has 1 amide bonds. The molecule has 1 N–H and O–H groups in total. The maximum atomic E-state index is 11.9. The van der Waals surface area contributed by atoms with Crippen LogP contribution in [0.3, 0.4) is 0 Å². The van der Waals surface area contributed by atoms with E-state index >= 15 is 0 Å². The van der Waals surface area contributed by atoms with Crippen LogP contribution >= 0.6 is 43.2 Å². The third kappa shape index (κ3) is 3.37. The average molecular weight is 376 g/mol. The Kier molecular flexibility index (Phi) is 3.96. The van der Waals surface area contributed by atoms with Crippen LogP contribution in [0.1, 0.15) is 15.2 Å². The lowest BCUT2D eigenvalue weighted by Gasteiger charge is -2.03. The molecular weight excluding hydrogens is 368 g/mol. The SMILES string of the molecule is Cc1cnc(NC(=O)c2cc(Br)cc(Br)c2)s1. The summed E-state index contributed by atoms with van der Waals surface area (Å²) in [6.07, 6.45) is 1.73. The zero-order chi connectivity index (χ0) is 12.4. The van der Waals surface area contributed by atoms with Crippen LogP contribution in [0.2, 0.25) is 0 Å². The van der Waals surface area contributed by atoms with Crippen molar-refractivity contribution in [2.24, 2.45) is 0 Å². The van der Waals surface area contributed by atoms with Crippen LogP contribution in [0.4, 0.5) is 5.13 Å². The second kappa shape index (κ2) is 5.29. The van der Waals surface area contributed by atoms with Gasteiger partial charge in [-0.25, -0.2) is 4.98 Å². The summed E-state index contributed by atoms with van der Waals surface area (Å²) in [4.78, 5) is 17.1. The number of thiazole rings is 1. The van der Waals surface area contributed by atoms with E-state index in [9.17, 15) is 4.79 Å². The van der Waals surface area contributed by atoms with E-state index in [-0.39, 0.29) is 5.91 Å². The first-order valence-electron chi connectivity index (χ1n) is 4.74. The summed E-state index contributed by atoms with van der Waals surface area (Å²) in [5.41, 5.74) is 0.583. The Balaban J connectivity index is 2.19. The third-order valence-corrected chi connectivity index (χ3v) is 3.71. The quantitative estimate of drug-likeness (QED) is 0.853. The molecule has 1 aromatic carbocycles. The summed E-state index contributed by atoms with van der Waals surface area (Å²) in [6, 6.07) is 5.41. The molecule has 0 fully saturated rings. The first-order valence-corrected chi connectivity index (χ1v) is 7.15. The average Bonchev–Trinajstić information content (AvgIpc) is 2.62. The number of rotatable bonds is 2. The van der Waals surface area contributed by atoms with Crippen molar-refractivity contribution in [1.82, 2.24) is 4.98 Å². The molecule has 0 bridgehead atoms. The van der Waals surface area contributed by atoms with E-state index < -0.39 is 0 Å². The number of carbonyl (C=O) groups excluding carboxylic acids is 1. The summed E-state index contributed by atoms with van der Waals surface area (Å²) in [6.45, 7) is 1.95. The van der Waals surface area contributed by atoms with Crippen molar-refractivity contribution in [2.75, 3.05) is 5.32 Å². The Morgan fingerprint density at radius 3 is 2.47 bits per heavy atom. The predicted octanol–water partition coefficient (Wildman–Crippen LogP) is 4.23. The highest BCUT2D eigenvalue weighted by Crippen LogP contribution is 2.22. The summed E-state index contributed by atoms with van der Waals surface area (Å²) in [5.74, 6) is -0.165. The van der Waals surface area contributed by atoms with Gasteiger partial charge in [0.2, 0.25) is 0 Å². The number of hydrogen-bond donors (Lipinski definition) is 1. The van der Waals surface area contributed by atoms with Gasteiger partial charge in [0.15, 0.2) is 5.13 Å². The highest BCUT2D eigenvalue weighted by Gasteiger charge is 2.09. The first kappa shape index (κ1) is 12.7. The number of halogens is 2. The fraction of sp³-hybridized carbons (Fsp3) is 0.0909. The fourth-order valence-corrected chi connectivity index (χ4v) is 3.22. The topological polar surface area (TPSA) is 42.0 Å². The number of hydrogen-bond acceptors (Lipinski definition) is 3. The molecule has 17 heavy (non-hydrogen) atoms. The second-order valence-corrected chi connectivity index (χ2v) is 6.45. The third-order valence-electron chi connectivity index (χ3n) is 1.97. The highest BCUT2D eigenvalue weighted by atomic mass is 79.9. The molecule has 0 radical (unpaired) electrons. The van der Waals surface area contributed by atoms with Gasteiger partial charge in [-0.1, -0.05) is 31.9 Å². The lowest BCUT2D eigenvalue weighted by atomic mass is 10.2. The monoisotopic (exact) mass is 374 g/mol. The van der Waals surface area contributed by atoms with E-state index in [1.54, 1.807) is 18.3 Å². The van der Waals surface area contributed by atoms with Gasteiger partial charge in [-0.2, -0.15) is 0 Å². The summed E-state index contributed by atoms with van der Waals surface area (Å²) in [5, 5.41) is 3.37. The van der Waals surface area contributed by atoms with Gasteiger partial charge in [0.25, 0.3) is 5.91 Å². The fourth-order valence-electron chi connectivity index (χ4n) is 1.27. The molecule has 3 nitrogen and oxygen atoms in total. The van der Waals surface area contributed by atoms with Crippen molar-refractivity contribution in [1.29, 1.82) is 0 Å². The standard InChI is InChI=1S/C11H8Br2N2OS/c1-6-5-14-11(17-6)15-10(16)7-2-8(12)4-9(13)3-7/h2-5H,1H3,(H,14,15,16). The Hall–Kier alpha value is -0.720. The molecule has 2 aromatic rings. The number of carbonyl (C=O) groups is 1. The summed E-state index contributed by atoms with van der Waals surface area (Å²) in [7, 11) is 0. The summed E-state index contributed by atoms with van der Waals surface area (Å²) >= 11 is 8.15. The van der Waals surface area contributed by atoms with Crippen LogP contribution < -0.4 is 5.32 Å².